The highest BCUT2D eigenvalue weighted by atomic mass is 16.7. The zero-order valence-corrected chi connectivity index (χ0v) is 24.8. The Bertz CT molecular complexity index is 990. The fourth-order valence-electron chi connectivity index (χ4n) is 9.46. The predicted octanol–water partition coefficient (Wildman–Crippen LogP) is 6.89. The molecule has 6 heteroatoms. The van der Waals surface area contributed by atoms with Crippen molar-refractivity contribution in [2.24, 2.45) is 39.7 Å². The largest absolute Gasteiger partial charge is 0.436 e. The van der Waals surface area contributed by atoms with Crippen molar-refractivity contribution in [1.82, 2.24) is 10.2 Å². The Balaban J connectivity index is 1.26. The maximum absolute atomic E-state index is 13.2. The highest BCUT2D eigenvalue weighted by molar-refractivity contribution is 5.91. The van der Waals surface area contributed by atoms with E-state index in [1.165, 1.54) is 44.1 Å². The molecule has 38 heavy (non-hydrogen) atoms. The summed E-state index contributed by atoms with van der Waals surface area (Å²) in [5.41, 5.74) is 2.53. The molecule has 4 fully saturated rings. The molecule has 1 unspecified atom stereocenters. The molecule has 3 saturated carbocycles. The van der Waals surface area contributed by atoms with Crippen molar-refractivity contribution in [1.29, 1.82) is 0 Å². The minimum absolute atomic E-state index is 0.208. The number of hydrogen-bond acceptors (Lipinski definition) is 5. The summed E-state index contributed by atoms with van der Waals surface area (Å²) in [5, 5.41) is 8.05. The van der Waals surface area contributed by atoms with Crippen molar-refractivity contribution in [3.63, 3.8) is 0 Å². The first-order valence-corrected chi connectivity index (χ1v) is 15.4. The lowest BCUT2D eigenvalue weighted by atomic mass is 9.46. The van der Waals surface area contributed by atoms with Crippen LogP contribution >= 0.6 is 0 Å². The molecule has 1 heterocycles. The second kappa shape index (κ2) is 10.4. The number of carbonyl (C=O) groups excluding carboxylic acids is 2. The average Bonchev–Trinajstić information content (AvgIpc) is 3.49. The molecule has 5 rings (SSSR count). The number of fused-ring (bicyclic) bond motifs is 5. The molecule has 1 amide bonds. The van der Waals surface area contributed by atoms with E-state index in [2.05, 4.69) is 52.0 Å². The average molecular weight is 526 g/mol. The molecular weight excluding hydrogens is 474 g/mol. The molecule has 0 radical (unpaired) electrons. The number of allylic oxidation sites excluding steroid dienone is 1. The first-order chi connectivity index (χ1) is 17.9. The summed E-state index contributed by atoms with van der Waals surface area (Å²) in [6, 6.07) is 0.492. The third kappa shape index (κ3) is 4.99. The van der Waals surface area contributed by atoms with Gasteiger partial charge in [-0.3, -0.25) is 9.63 Å². The number of rotatable bonds is 5. The van der Waals surface area contributed by atoms with Crippen molar-refractivity contribution >= 4 is 17.6 Å². The Morgan fingerprint density at radius 1 is 1.11 bits per heavy atom. The van der Waals surface area contributed by atoms with E-state index in [-0.39, 0.29) is 22.5 Å². The number of oxime groups is 1. The van der Waals surface area contributed by atoms with E-state index >= 15 is 0 Å². The van der Waals surface area contributed by atoms with Crippen LogP contribution < -0.4 is 5.32 Å². The van der Waals surface area contributed by atoms with Crippen molar-refractivity contribution in [2.75, 3.05) is 13.1 Å². The molecule has 6 nitrogen and oxygen atoms in total. The third-order valence-electron chi connectivity index (χ3n) is 11.6. The summed E-state index contributed by atoms with van der Waals surface area (Å²) in [7, 11) is 0. The van der Waals surface area contributed by atoms with E-state index < -0.39 is 0 Å². The number of ketones is 1. The van der Waals surface area contributed by atoms with Crippen LogP contribution in [-0.4, -0.2) is 47.2 Å². The normalized spacial score (nSPS) is 39.2. The van der Waals surface area contributed by atoms with Gasteiger partial charge in [-0.2, -0.15) is 0 Å². The summed E-state index contributed by atoms with van der Waals surface area (Å²) in [6.07, 6.45) is 13.9. The molecular formula is C32H51N3O3. The predicted molar refractivity (Wildman–Crippen MR) is 152 cm³/mol. The fourth-order valence-corrected chi connectivity index (χ4v) is 9.46. The second-order valence-corrected chi connectivity index (χ2v) is 14.6. The lowest BCUT2D eigenvalue weighted by Crippen LogP contribution is -2.51. The van der Waals surface area contributed by atoms with Crippen LogP contribution in [-0.2, 0) is 9.63 Å². The molecule has 4 aliphatic carbocycles. The van der Waals surface area contributed by atoms with Crippen molar-refractivity contribution in [3.8, 4) is 0 Å². The summed E-state index contributed by atoms with van der Waals surface area (Å²) in [5.74, 6) is 2.80. The maximum atomic E-state index is 13.2. The molecule has 0 aromatic heterocycles. The number of nitrogens with zero attached hydrogens (tertiary/aromatic N) is 2. The second-order valence-electron chi connectivity index (χ2n) is 14.6. The zero-order valence-electron chi connectivity index (χ0n) is 24.8. The molecule has 212 valence electrons. The minimum atomic E-state index is -0.329. The highest BCUT2D eigenvalue weighted by Gasteiger charge is 2.59. The summed E-state index contributed by atoms with van der Waals surface area (Å²) in [6.45, 7) is 15.0. The molecule has 0 bridgehead atoms. The van der Waals surface area contributed by atoms with Gasteiger partial charge in [0, 0.05) is 30.5 Å². The van der Waals surface area contributed by atoms with E-state index in [1.54, 1.807) is 0 Å². The standard InChI is InChI=1S/C32H51N3O3/c1-21(34-38-29(37)35(30(2,3)4)19-15-23-8-7-18-33-23)26-11-12-27-25-10-9-22-20-24(36)13-16-31(22,5)28(25)14-17-32(26,27)6/h20,23,25-28,33H,7-19H2,1-6H3/b34-21+/t23?,25-,26+,27-,28-,31-,32+/m0/s1. The van der Waals surface area contributed by atoms with Crippen LogP contribution in [0.4, 0.5) is 4.79 Å². The van der Waals surface area contributed by atoms with Crippen LogP contribution in [0.25, 0.3) is 0 Å². The smallest absolute Gasteiger partial charge is 0.314 e. The zero-order chi connectivity index (χ0) is 27.3. The van der Waals surface area contributed by atoms with Gasteiger partial charge in [-0.05, 0) is 133 Å². The van der Waals surface area contributed by atoms with Gasteiger partial charge in [0.15, 0.2) is 5.78 Å². The summed E-state index contributed by atoms with van der Waals surface area (Å²) < 4.78 is 0. The molecule has 0 spiro atoms. The fraction of sp³-hybridized carbons (Fsp3) is 0.844. The Morgan fingerprint density at radius 2 is 1.89 bits per heavy atom. The van der Waals surface area contributed by atoms with Gasteiger partial charge in [-0.15, -0.1) is 0 Å². The van der Waals surface area contributed by atoms with Crippen LogP contribution in [0.3, 0.4) is 0 Å². The number of amides is 1. The Morgan fingerprint density at radius 3 is 2.61 bits per heavy atom. The first-order valence-electron chi connectivity index (χ1n) is 15.4. The third-order valence-corrected chi connectivity index (χ3v) is 11.6. The molecule has 1 saturated heterocycles. The minimum Gasteiger partial charge on any atom is -0.314 e. The van der Waals surface area contributed by atoms with Gasteiger partial charge in [-0.25, -0.2) is 4.79 Å². The van der Waals surface area contributed by atoms with Crippen molar-refractivity contribution in [2.45, 2.75) is 124 Å². The van der Waals surface area contributed by atoms with E-state index in [0.29, 0.717) is 42.5 Å². The van der Waals surface area contributed by atoms with Crippen LogP contribution in [0.15, 0.2) is 16.8 Å². The molecule has 1 N–H and O–H groups in total. The summed E-state index contributed by atoms with van der Waals surface area (Å²) >= 11 is 0. The first kappa shape index (κ1) is 27.9. The SMILES string of the molecule is C/C(=N\OC(=O)N(CCC1CCCN1)C(C)(C)C)[C@H]1CC[C@H]2[C@@H]3CCC4=CC(=O)CC[C@]4(C)[C@H]3CC[C@]12C. The maximum Gasteiger partial charge on any atom is 0.436 e. The quantitative estimate of drug-likeness (QED) is 0.241. The topological polar surface area (TPSA) is 71.0 Å². The van der Waals surface area contributed by atoms with Gasteiger partial charge in [0.2, 0.25) is 0 Å². The lowest BCUT2D eigenvalue weighted by molar-refractivity contribution is -0.117. The van der Waals surface area contributed by atoms with Gasteiger partial charge in [0.1, 0.15) is 0 Å². The number of hydrogen-bond donors (Lipinski definition) is 1. The number of carbonyl (C=O) groups is 2. The van der Waals surface area contributed by atoms with Crippen molar-refractivity contribution < 1.29 is 14.4 Å². The van der Waals surface area contributed by atoms with Crippen LogP contribution in [0.2, 0.25) is 0 Å². The Labute approximate surface area is 230 Å². The summed E-state index contributed by atoms with van der Waals surface area (Å²) in [4.78, 5) is 32.9. The van der Waals surface area contributed by atoms with E-state index in [4.69, 9.17) is 4.84 Å². The van der Waals surface area contributed by atoms with Gasteiger partial charge >= 0.3 is 6.09 Å². The van der Waals surface area contributed by atoms with E-state index in [0.717, 1.165) is 43.9 Å². The van der Waals surface area contributed by atoms with Crippen LogP contribution in [0.1, 0.15) is 112 Å². The van der Waals surface area contributed by atoms with E-state index in [1.807, 2.05) is 11.0 Å². The van der Waals surface area contributed by atoms with Gasteiger partial charge < -0.3 is 10.2 Å². The molecule has 0 aromatic rings. The molecule has 7 atom stereocenters. The number of nitrogens with one attached hydrogen (secondary N) is 1. The highest BCUT2D eigenvalue weighted by Crippen LogP contribution is 2.66. The Kier molecular flexibility index (Phi) is 7.60. The van der Waals surface area contributed by atoms with Crippen LogP contribution in [0.5, 0.6) is 0 Å². The monoisotopic (exact) mass is 525 g/mol. The van der Waals surface area contributed by atoms with Gasteiger partial charge in [-0.1, -0.05) is 24.6 Å². The molecule has 5 aliphatic rings. The molecule has 1 aliphatic heterocycles. The van der Waals surface area contributed by atoms with Crippen molar-refractivity contribution in [3.05, 3.63) is 11.6 Å². The Hall–Kier alpha value is -1.69. The van der Waals surface area contributed by atoms with Gasteiger partial charge in [0.25, 0.3) is 0 Å². The lowest BCUT2D eigenvalue weighted by Gasteiger charge is -2.58. The van der Waals surface area contributed by atoms with E-state index in [9.17, 15) is 9.59 Å². The van der Waals surface area contributed by atoms with Gasteiger partial charge in [0.05, 0.1) is 5.71 Å². The molecule has 0 aromatic carbocycles. The van der Waals surface area contributed by atoms with Crippen LogP contribution in [0, 0.1) is 34.5 Å².